The molecule has 1 heterocycles. The Balaban J connectivity index is 2.57. The summed E-state index contributed by atoms with van der Waals surface area (Å²) in [5.74, 6) is -0.0809. The van der Waals surface area contributed by atoms with Crippen LogP contribution in [0, 0.1) is 0 Å². The van der Waals surface area contributed by atoms with Crippen molar-refractivity contribution in [2.24, 2.45) is 0 Å². The third kappa shape index (κ3) is 2.70. The van der Waals surface area contributed by atoms with Crippen LogP contribution in [0.25, 0.3) is 0 Å². The van der Waals surface area contributed by atoms with Gasteiger partial charge >= 0.3 is 0 Å². The van der Waals surface area contributed by atoms with Gasteiger partial charge in [-0.2, -0.15) is 5.10 Å². The van der Waals surface area contributed by atoms with Gasteiger partial charge in [0.05, 0.1) is 6.54 Å². The maximum Gasteiger partial charge on any atom is 0.207 e. The zero-order chi connectivity index (χ0) is 9.68. The average Bonchev–Trinajstić information content (AvgIpc) is 2.56. The van der Waals surface area contributed by atoms with E-state index in [0.717, 1.165) is 0 Å². The predicted molar refractivity (Wildman–Crippen MR) is 45.9 cm³/mol. The molecule has 1 atom stereocenters. The molecule has 70 valence electrons. The van der Waals surface area contributed by atoms with Gasteiger partial charge in [-0.3, -0.25) is 14.3 Å². The smallest absolute Gasteiger partial charge is 0.207 e. The lowest BCUT2D eigenvalue weighted by Gasteiger charge is -2.11. The molecule has 0 fully saturated rings. The number of Topliss-reactive ketones (excluding diaryl/α,β-unsaturated/α-hetero) is 1. The minimum Gasteiger partial charge on any atom is -0.347 e. The number of hydrogen-bond donors (Lipinski definition) is 1. The molecule has 1 aromatic rings. The Morgan fingerprint density at radius 3 is 3.00 bits per heavy atom. The first kappa shape index (κ1) is 9.44. The second-order valence-electron chi connectivity index (χ2n) is 2.68. The normalized spacial score (nSPS) is 12.1. The van der Waals surface area contributed by atoms with E-state index in [9.17, 15) is 9.59 Å². The zero-order valence-corrected chi connectivity index (χ0v) is 7.30. The first-order valence-corrected chi connectivity index (χ1v) is 3.91. The average molecular weight is 181 g/mol. The fourth-order valence-corrected chi connectivity index (χ4v) is 0.976. The summed E-state index contributed by atoms with van der Waals surface area (Å²) in [6.45, 7) is 1.81. The van der Waals surface area contributed by atoms with Crippen LogP contribution >= 0.6 is 0 Å². The van der Waals surface area contributed by atoms with Crippen LogP contribution in [0.2, 0.25) is 0 Å². The highest BCUT2D eigenvalue weighted by atomic mass is 16.1. The molecule has 13 heavy (non-hydrogen) atoms. The van der Waals surface area contributed by atoms with Gasteiger partial charge in [-0.1, -0.05) is 0 Å². The van der Waals surface area contributed by atoms with Crippen molar-refractivity contribution in [3.05, 3.63) is 18.5 Å². The van der Waals surface area contributed by atoms with Crippen molar-refractivity contribution in [1.29, 1.82) is 0 Å². The van der Waals surface area contributed by atoms with E-state index in [1.165, 1.54) is 6.92 Å². The molecule has 1 aromatic heterocycles. The van der Waals surface area contributed by atoms with E-state index in [1.54, 1.807) is 23.1 Å². The molecule has 0 unspecified atom stereocenters. The fraction of sp³-hybridized carbons (Fsp3) is 0.375. The van der Waals surface area contributed by atoms with E-state index in [2.05, 4.69) is 10.4 Å². The quantitative estimate of drug-likeness (QED) is 0.628. The van der Waals surface area contributed by atoms with Gasteiger partial charge in [0.25, 0.3) is 0 Å². The van der Waals surface area contributed by atoms with Crippen LogP contribution in [-0.2, 0) is 16.1 Å². The van der Waals surface area contributed by atoms with Crippen LogP contribution in [0.1, 0.15) is 6.92 Å². The predicted octanol–water partition coefficient (Wildman–Crippen LogP) is -0.413. The molecule has 5 heteroatoms. The Morgan fingerprint density at radius 2 is 2.54 bits per heavy atom. The number of rotatable bonds is 5. The van der Waals surface area contributed by atoms with Gasteiger partial charge in [0.1, 0.15) is 6.04 Å². The molecule has 1 N–H and O–H groups in total. The van der Waals surface area contributed by atoms with Crippen LogP contribution in [0.15, 0.2) is 18.5 Å². The van der Waals surface area contributed by atoms with Crippen LogP contribution in [-0.4, -0.2) is 28.0 Å². The summed E-state index contributed by atoms with van der Waals surface area (Å²) in [5, 5.41) is 6.36. The third-order valence-electron chi connectivity index (χ3n) is 1.69. The lowest BCUT2D eigenvalue weighted by Crippen LogP contribution is -2.38. The molecule has 0 radical (unpaired) electrons. The number of nitrogens with one attached hydrogen (secondary N) is 1. The minimum absolute atomic E-state index is 0.0809. The molecule has 0 aliphatic rings. The summed E-state index contributed by atoms with van der Waals surface area (Å²) in [4.78, 5) is 21.2. The summed E-state index contributed by atoms with van der Waals surface area (Å²) >= 11 is 0. The van der Waals surface area contributed by atoms with Gasteiger partial charge in [0.2, 0.25) is 6.41 Å². The zero-order valence-electron chi connectivity index (χ0n) is 7.30. The summed E-state index contributed by atoms with van der Waals surface area (Å²) < 4.78 is 1.60. The molecular weight excluding hydrogens is 170 g/mol. The molecule has 5 nitrogen and oxygen atoms in total. The number of ketones is 1. The van der Waals surface area contributed by atoms with Crippen molar-refractivity contribution in [1.82, 2.24) is 15.1 Å². The minimum atomic E-state index is -0.489. The number of amides is 1. The maximum absolute atomic E-state index is 11.0. The standard InChI is InChI=1S/C8H11N3O2/c1-7(13)8(9-6-12)5-11-4-2-3-10-11/h2-4,6,8H,5H2,1H3,(H,9,12)/t8-/m0/s1. The Bertz CT molecular complexity index is 282. The van der Waals surface area contributed by atoms with Crippen LogP contribution in [0.5, 0.6) is 0 Å². The lowest BCUT2D eigenvalue weighted by atomic mass is 10.2. The number of aromatic nitrogens is 2. The first-order valence-electron chi connectivity index (χ1n) is 3.91. The Kier molecular flexibility index (Phi) is 3.19. The summed E-state index contributed by atoms with van der Waals surface area (Å²) in [7, 11) is 0. The van der Waals surface area contributed by atoms with Crippen molar-refractivity contribution in [3.63, 3.8) is 0 Å². The first-order chi connectivity index (χ1) is 6.24. The molecule has 1 amide bonds. The molecule has 0 saturated carbocycles. The monoisotopic (exact) mass is 181 g/mol. The fourth-order valence-electron chi connectivity index (χ4n) is 0.976. The Labute approximate surface area is 75.7 Å². The molecule has 0 spiro atoms. The summed E-state index contributed by atoms with van der Waals surface area (Å²) in [6, 6.07) is 1.27. The SMILES string of the molecule is CC(=O)[C@H](Cn1cccn1)NC=O. The van der Waals surface area contributed by atoms with Crippen molar-refractivity contribution < 1.29 is 9.59 Å². The van der Waals surface area contributed by atoms with Gasteiger partial charge in [-0.15, -0.1) is 0 Å². The second-order valence-corrected chi connectivity index (χ2v) is 2.68. The van der Waals surface area contributed by atoms with Crippen molar-refractivity contribution in [3.8, 4) is 0 Å². The molecule has 0 saturated heterocycles. The van der Waals surface area contributed by atoms with Gasteiger partial charge < -0.3 is 5.32 Å². The molecular formula is C8H11N3O2. The van der Waals surface area contributed by atoms with E-state index in [4.69, 9.17) is 0 Å². The molecule has 0 aromatic carbocycles. The highest BCUT2D eigenvalue weighted by Crippen LogP contribution is 1.92. The molecule has 0 bridgehead atoms. The largest absolute Gasteiger partial charge is 0.347 e. The summed E-state index contributed by atoms with van der Waals surface area (Å²) in [6.07, 6.45) is 3.89. The topological polar surface area (TPSA) is 64.0 Å². The van der Waals surface area contributed by atoms with E-state index in [1.807, 2.05) is 0 Å². The van der Waals surface area contributed by atoms with Gasteiger partial charge in [0.15, 0.2) is 5.78 Å². The Morgan fingerprint density at radius 1 is 1.77 bits per heavy atom. The number of nitrogens with zero attached hydrogens (tertiary/aromatic N) is 2. The number of carbonyl (C=O) groups excluding carboxylic acids is 2. The van der Waals surface area contributed by atoms with Crippen molar-refractivity contribution >= 4 is 12.2 Å². The lowest BCUT2D eigenvalue weighted by molar-refractivity contribution is -0.122. The van der Waals surface area contributed by atoms with E-state index in [-0.39, 0.29) is 5.78 Å². The maximum atomic E-state index is 11.0. The second kappa shape index (κ2) is 4.39. The van der Waals surface area contributed by atoms with E-state index in [0.29, 0.717) is 13.0 Å². The van der Waals surface area contributed by atoms with Crippen molar-refractivity contribution in [2.75, 3.05) is 0 Å². The summed E-state index contributed by atoms with van der Waals surface area (Å²) in [5.41, 5.74) is 0. The molecule has 0 aliphatic heterocycles. The molecule has 0 aliphatic carbocycles. The molecule has 1 rings (SSSR count). The van der Waals surface area contributed by atoms with E-state index >= 15 is 0 Å². The van der Waals surface area contributed by atoms with Gasteiger partial charge in [-0.25, -0.2) is 0 Å². The van der Waals surface area contributed by atoms with Gasteiger partial charge in [-0.05, 0) is 13.0 Å². The third-order valence-corrected chi connectivity index (χ3v) is 1.69. The highest BCUT2D eigenvalue weighted by molar-refractivity contribution is 5.83. The van der Waals surface area contributed by atoms with Crippen LogP contribution in [0.3, 0.4) is 0 Å². The van der Waals surface area contributed by atoms with Crippen LogP contribution < -0.4 is 5.32 Å². The number of carbonyl (C=O) groups is 2. The van der Waals surface area contributed by atoms with Gasteiger partial charge in [0, 0.05) is 12.4 Å². The van der Waals surface area contributed by atoms with E-state index < -0.39 is 6.04 Å². The van der Waals surface area contributed by atoms with Crippen molar-refractivity contribution in [2.45, 2.75) is 19.5 Å². The number of hydrogen-bond acceptors (Lipinski definition) is 3. The Hall–Kier alpha value is -1.65. The highest BCUT2D eigenvalue weighted by Gasteiger charge is 2.12. The van der Waals surface area contributed by atoms with Crippen LogP contribution in [0.4, 0.5) is 0 Å².